The van der Waals surface area contributed by atoms with Crippen LogP contribution < -0.4 is 0 Å². The van der Waals surface area contributed by atoms with Crippen molar-refractivity contribution in [1.29, 1.82) is 0 Å². The second-order valence-corrected chi connectivity index (χ2v) is 2.76. The topological polar surface area (TPSA) is 36.4 Å². The Morgan fingerprint density at radius 2 is 1.18 bits per heavy atom. The summed E-state index contributed by atoms with van der Waals surface area (Å²) in [6.45, 7) is 3.64. The van der Waals surface area contributed by atoms with E-state index >= 15 is 0 Å². The van der Waals surface area contributed by atoms with Gasteiger partial charge < -0.3 is 31.5 Å². The Hall–Kier alpha value is -1.26. The number of hydrogen-bond acceptors (Lipinski definition) is 0. The molecular formula is C10H12F6N2Rf2Y2-4. The minimum Gasteiger partial charge on any atom is -0.782 e. The number of rotatable bonds is 2. The third kappa shape index (κ3) is 98.5. The van der Waals surface area contributed by atoms with Crippen LogP contribution in [0.25, 0.3) is 10.7 Å². The molecule has 12 heteroatoms. The molecule has 0 heterocycles. The molecular weight excluding hydrogens is 974 g/mol. The number of hydrogen-bond donors (Lipinski definition) is 0. The van der Waals surface area contributed by atoms with E-state index in [4.69, 9.17) is 5.41 Å². The molecule has 0 aromatic rings. The van der Waals surface area contributed by atoms with Gasteiger partial charge in [0.15, 0.2) is 6.05 Å². The Kier molecular flexibility index (Phi) is 48.1. The summed E-state index contributed by atoms with van der Waals surface area (Å²) in [4.78, 5) is 0. The summed E-state index contributed by atoms with van der Waals surface area (Å²) in [5.41, 5.74) is -0.428. The van der Waals surface area contributed by atoms with Crippen LogP contribution in [0, 0.1) is 12.7 Å². The molecule has 0 spiro atoms. The minimum absolute atomic E-state index is 0. The van der Waals surface area contributed by atoms with Gasteiger partial charge >= 0.3 is 0 Å². The largest absolute Gasteiger partial charge is 0.782 e. The zero-order chi connectivity index (χ0) is 15.4. The molecule has 0 N–H and O–H groups in total. The van der Waals surface area contributed by atoms with Gasteiger partial charge in [-0.15, -0.1) is 0 Å². The van der Waals surface area contributed by atoms with Gasteiger partial charge in [0.25, 0.3) is 0 Å². The van der Waals surface area contributed by atoms with Crippen molar-refractivity contribution in [2.45, 2.75) is 33.7 Å². The summed E-state index contributed by atoms with van der Waals surface area (Å²) in [5.74, 6) is -2.00. The van der Waals surface area contributed by atoms with Gasteiger partial charge in [-0.3, -0.25) is 10.7 Å². The predicted octanol–water partition coefficient (Wildman–Crippen LogP) is 5.14. The average molecular weight is 986 g/mol. The first-order valence-corrected chi connectivity index (χ1v) is 4.30. The van der Waals surface area contributed by atoms with Crippen LogP contribution in [0.1, 0.15) is 27.7 Å². The minimum atomic E-state index is -3.19. The van der Waals surface area contributed by atoms with Crippen molar-refractivity contribution in [3.8, 4) is 0 Å². The predicted molar refractivity (Wildman–Crippen MR) is 57.3 cm³/mol. The van der Waals surface area contributed by atoms with E-state index in [1.165, 1.54) is 0 Å². The SMILES string of the molecule is CC(=[C-]F)[N-]C(C)(F)F.CC(=[N-])F.CC(F)=[C-]F.[Rf].[Rf].[Y].[Y]. The summed E-state index contributed by atoms with van der Waals surface area (Å²) in [6.07, 6.45) is 1.77. The summed E-state index contributed by atoms with van der Waals surface area (Å²) in [7, 11) is 0. The van der Waals surface area contributed by atoms with E-state index in [2.05, 4.69) is 5.32 Å². The van der Waals surface area contributed by atoms with Gasteiger partial charge in [-0.1, -0.05) is 12.8 Å². The van der Waals surface area contributed by atoms with Crippen LogP contribution in [0.4, 0.5) is 26.3 Å². The molecule has 0 fully saturated rings. The first-order chi connectivity index (χ1) is 7.96. The Bertz CT molecular complexity index is 292. The van der Waals surface area contributed by atoms with E-state index < -0.39 is 23.5 Å². The maximum absolute atomic E-state index is 11.8. The molecule has 0 aliphatic rings. The normalized spacial score (nSPS) is 9.55. The molecule has 0 atom stereocenters. The smallest absolute Gasteiger partial charge is 0.184 e. The fraction of sp³-hybridized carbons (Fsp3) is 0.500. The number of alkyl halides is 2. The molecule has 0 amide bonds. The fourth-order valence-electron chi connectivity index (χ4n) is 0.316. The summed E-state index contributed by atoms with van der Waals surface area (Å²) < 4.78 is 66.5. The van der Waals surface area contributed by atoms with Crippen LogP contribution in [0.5, 0.6) is 0 Å². The molecule has 2 radical (unpaired) electrons. The van der Waals surface area contributed by atoms with Crippen molar-refractivity contribution in [3.63, 3.8) is 0 Å². The van der Waals surface area contributed by atoms with Gasteiger partial charge in [0.05, 0.1) is 0 Å². The van der Waals surface area contributed by atoms with Crippen molar-refractivity contribution in [2.75, 3.05) is 0 Å². The molecule has 0 saturated heterocycles. The molecule has 0 aromatic heterocycles. The summed E-state index contributed by atoms with van der Waals surface area (Å²) in [5, 5.41) is 9.93. The van der Waals surface area contributed by atoms with Gasteiger partial charge in [0.1, 0.15) is 0 Å². The Labute approximate surface area is 165 Å². The van der Waals surface area contributed by atoms with Crippen LogP contribution in [0.3, 0.4) is 0 Å². The van der Waals surface area contributed by atoms with Crippen LogP contribution in [-0.4, -0.2) is 12.0 Å². The molecule has 0 aromatic carbocycles. The molecule has 0 aliphatic heterocycles. The zero-order valence-electron chi connectivity index (χ0n) is 12.7. The maximum atomic E-state index is 11.8. The second-order valence-electron chi connectivity index (χ2n) is 2.76. The van der Waals surface area contributed by atoms with Gasteiger partial charge in [-0.25, -0.2) is 13.2 Å². The number of halogens is 6. The van der Waals surface area contributed by atoms with Crippen molar-refractivity contribution in [1.82, 2.24) is 0 Å². The molecule has 118 valence electrons. The summed E-state index contributed by atoms with van der Waals surface area (Å²) in [6, 6.07) is -3.19. The molecule has 0 saturated carbocycles. The molecule has 0 rings (SSSR count). The van der Waals surface area contributed by atoms with Gasteiger partial charge in [-0.2, -0.15) is 0 Å². The molecule has 22 heavy (non-hydrogen) atoms. The van der Waals surface area contributed by atoms with E-state index in [9.17, 15) is 26.3 Å². The van der Waals surface area contributed by atoms with E-state index in [0.29, 0.717) is 6.92 Å². The Morgan fingerprint density at radius 1 is 0.955 bits per heavy atom. The Morgan fingerprint density at radius 3 is 1.23 bits per heavy atom. The molecule has 0 bridgehead atoms. The van der Waals surface area contributed by atoms with Gasteiger partial charge in [0.2, 0.25) is 0 Å². The fourth-order valence-corrected chi connectivity index (χ4v) is 0.316. The van der Waals surface area contributed by atoms with E-state index in [1.807, 2.05) is 0 Å². The molecule has 0 aliphatic carbocycles. The average Bonchev–Trinajstić information content (AvgIpc) is 2.15. The monoisotopic (exact) mass is 986 g/mol. The van der Waals surface area contributed by atoms with Gasteiger partial charge in [0, 0.05) is 65.4 Å². The quantitative estimate of drug-likeness (QED) is 0.160. The molecule has 2 nitrogen and oxygen atoms in total. The Balaban J connectivity index is -0.0000000305. The van der Waals surface area contributed by atoms with Crippen LogP contribution in [-0.2, 0) is 65.4 Å². The number of allylic oxidation sites excluding steroid dienone is 2. The maximum Gasteiger partial charge on any atom is 0.184 e. The third-order valence-corrected chi connectivity index (χ3v) is 0.631. The second kappa shape index (κ2) is 24.7. The van der Waals surface area contributed by atoms with Crippen molar-refractivity contribution in [3.05, 3.63) is 34.9 Å². The van der Waals surface area contributed by atoms with Crippen molar-refractivity contribution >= 4 is 5.97 Å². The van der Waals surface area contributed by atoms with Gasteiger partial charge in [-0.05, 0) is 26.7 Å². The first kappa shape index (κ1) is 42.8. The molecule has 0 unspecified atom stereocenters. The van der Waals surface area contributed by atoms with Crippen LogP contribution in [0.2, 0.25) is 0 Å². The van der Waals surface area contributed by atoms with E-state index in [-0.39, 0.29) is 65.4 Å². The summed E-state index contributed by atoms with van der Waals surface area (Å²) >= 11 is 0. The standard InChI is InChI=1S/C5H6F3N.C3H3F2.C2H3FN.2Rf.2Y/c1-4(3-6)9-5(2,7)8;1-3(5)2-4;1-2(3)4;;;;/h1-2H3;1H3;1H3;;;;/q-2;2*-1;;;;. The third-order valence-electron chi connectivity index (χ3n) is 0.631. The van der Waals surface area contributed by atoms with E-state index in [1.54, 1.807) is 0 Å². The number of nitrogens with zero attached hydrogens (tertiary/aromatic N) is 2. The van der Waals surface area contributed by atoms with Crippen LogP contribution in [0.15, 0.2) is 11.5 Å². The van der Waals surface area contributed by atoms with Crippen molar-refractivity contribution in [2.24, 2.45) is 0 Å². The van der Waals surface area contributed by atoms with Crippen LogP contribution >= 0.6 is 0 Å². The zero-order valence-corrected chi connectivity index (χ0v) is 31.2. The van der Waals surface area contributed by atoms with E-state index in [0.717, 1.165) is 33.4 Å². The first-order valence-electron chi connectivity index (χ1n) is 4.30. The van der Waals surface area contributed by atoms with Crippen molar-refractivity contribution < 1.29 is 91.8 Å².